The van der Waals surface area contributed by atoms with Gasteiger partial charge >= 0.3 is 0 Å². The van der Waals surface area contributed by atoms with E-state index < -0.39 is 0 Å². The third kappa shape index (κ3) is 9.62. The lowest BCUT2D eigenvalue weighted by Gasteiger charge is -2.30. The van der Waals surface area contributed by atoms with Crippen LogP contribution in [0.2, 0.25) is 0 Å². The highest BCUT2D eigenvalue weighted by atomic mass is 15.2. The Morgan fingerprint density at radius 2 is 0.698 bits per heavy atom. The van der Waals surface area contributed by atoms with E-state index in [-0.39, 0.29) is 0 Å². The fourth-order valence-corrected chi connectivity index (χ4v) is 7.95. The minimum absolute atomic E-state index is 1.03. The predicted octanol–water partition coefficient (Wildman–Crippen LogP) is 17.1. The smallest absolute Gasteiger partial charge is 0.0464 e. The second-order valence-corrected chi connectivity index (χ2v) is 15.5. The van der Waals surface area contributed by atoms with Crippen molar-refractivity contribution in [3.8, 4) is 0 Å². The SMILES string of the molecule is C=C/C=C\C=C(/C)N(c1ccc(C=C)cc1)c1ccc(N(c2ccc(N(c3ccccc3)c3cccc(C)c3)cc2)c2ccc(N(c3ccccc3)c3cccc(C)c3)cc2)cc1. The Labute approximate surface area is 373 Å². The van der Waals surface area contributed by atoms with Crippen LogP contribution >= 0.6 is 0 Å². The summed E-state index contributed by atoms with van der Waals surface area (Å²) in [5, 5.41) is 0. The molecule has 0 atom stereocenters. The van der Waals surface area contributed by atoms with Crippen molar-refractivity contribution in [2.75, 3.05) is 19.6 Å². The summed E-state index contributed by atoms with van der Waals surface area (Å²) in [5.74, 6) is 0. The van der Waals surface area contributed by atoms with Gasteiger partial charge in [-0.05, 0) is 177 Å². The molecule has 0 aliphatic heterocycles. The van der Waals surface area contributed by atoms with Crippen LogP contribution < -0.4 is 19.6 Å². The van der Waals surface area contributed by atoms with E-state index in [2.05, 4.69) is 266 Å². The highest BCUT2D eigenvalue weighted by molar-refractivity contribution is 5.84. The Balaban J connectivity index is 1.22. The largest absolute Gasteiger partial charge is 0.315 e. The first-order valence-corrected chi connectivity index (χ1v) is 21.3. The van der Waals surface area contributed by atoms with Crippen LogP contribution in [0.15, 0.2) is 249 Å². The Morgan fingerprint density at radius 1 is 0.365 bits per heavy atom. The zero-order valence-electron chi connectivity index (χ0n) is 36.2. The molecular formula is C59H52N4. The fraction of sp³-hybridized carbons (Fsp3) is 0.0508. The van der Waals surface area contributed by atoms with Gasteiger partial charge in [0.15, 0.2) is 0 Å². The number of anilines is 11. The van der Waals surface area contributed by atoms with Crippen LogP contribution in [0.1, 0.15) is 23.6 Å². The molecule has 0 radical (unpaired) electrons. The van der Waals surface area contributed by atoms with Gasteiger partial charge in [-0.25, -0.2) is 0 Å². The first kappa shape index (κ1) is 41.6. The highest BCUT2D eigenvalue weighted by Gasteiger charge is 2.19. The molecule has 0 saturated heterocycles. The van der Waals surface area contributed by atoms with Crippen LogP contribution in [0, 0.1) is 13.8 Å². The van der Waals surface area contributed by atoms with Gasteiger partial charge in [-0.2, -0.15) is 0 Å². The van der Waals surface area contributed by atoms with Gasteiger partial charge in [0.1, 0.15) is 0 Å². The van der Waals surface area contributed by atoms with E-state index in [0.717, 1.165) is 73.8 Å². The lowest BCUT2D eigenvalue weighted by atomic mass is 10.1. The van der Waals surface area contributed by atoms with E-state index in [9.17, 15) is 0 Å². The Kier molecular flexibility index (Phi) is 12.9. The molecule has 308 valence electrons. The van der Waals surface area contributed by atoms with Crippen LogP contribution in [0.3, 0.4) is 0 Å². The van der Waals surface area contributed by atoms with Gasteiger partial charge in [0.2, 0.25) is 0 Å². The normalized spacial score (nSPS) is 11.3. The maximum atomic E-state index is 3.96. The van der Waals surface area contributed by atoms with Crippen molar-refractivity contribution in [3.63, 3.8) is 0 Å². The summed E-state index contributed by atoms with van der Waals surface area (Å²) >= 11 is 0. The van der Waals surface area contributed by atoms with Crippen molar-refractivity contribution in [2.45, 2.75) is 20.8 Å². The van der Waals surface area contributed by atoms with Crippen molar-refractivity contribution < 1.29 is 0 Å². The van der Waals surface area contributed by atoms with Gasteiger partial charge in [0, 0.05) is 68.3 Å². The van der Waals surface area contributed by atoms with Gasteiger partial charge in [-0.1, -0.05) is 110 Å². The minimum Gasteiger partial charge on any atom is -0.315 e. The van der Waals surface area contributed by atoms with E-state index in [1.54, 1.807) is 6.08 Å². The molecule has 0 spiro atoms. The molecule has 63 heavy (non-hydrogen) atoms. The van der Waals surface area contributed by atoms with Gasteiger partial charge in [-0.3, -0.25) is 0 Å². The van der Waals surface area contributed by atoms with E-state index >= 15 is 0 Å². The molecule has 0 bridgehead atoms. The second kappa shape index (κ2) is 19.5. The number of nitrogens with zero attached hydrogens (tertiary/aromatic N) is 4. The zero-order valence-corrected chi connectivity index (χ0v) is 36.2. The topological polar surface area (TPSA) is 13.0 Å². The average molecular weight is 817 g/mol. The fourth-order valence-electron chi connectivity index (χ4n) is 7.95. The van der Waals surface area contributed by atoms with Crippen LogP contribution in [0.25, 0.3) is 6.08 Å². The van der Waals surface area contributed by atoms with E-state index in [4.69, 9.17) is 0 Å². The molecule has 8 aromatic rings. The van der Waals surface area contributed by atoms with Gasteiger partial charge < -0.3 is 19.6 Å². The van der Waals surface area contributed by atoms with Crippen LogP contribution in [0.5, 0.6) is 0 Å². The third-order valence-corrected chi connectivity index (χ3v) is 11.0. The molecule has 4 heteroatoms. The molecule has 0 amide bonds. The maximum absolute atomic E-state index is 3.96. The standard InChI is InChI=1S/C59H52N4/c1-6-8-11-20-47(5)60(51-29-27-48(7-2)28-30-51)52-31-33-53(34-32-52)61(54-35-39-56(40-36-54)62(49-21-12-9-13-22-49)58-25-16-18-45(3)43-58)55-37-41-57(42-38-55)63(50-23-14-10-15-24-50)59-26-17-19-46(4)44-59/h6-44H,1-2H2,3-5H3/b11-8-,47-20+. The molecule has 4 nitrogen and oxygen atoms in total. The molecule has 0 aliphatic carbocycles. The number of para-hydroxylation sites is 2. The van der Waals surface area contributed by atoms with Gasteiger partial charge in [0.05, 0.1) is 0 Å². The van der Waals surface area contributed by atoms with Crippen LogP contribution in [0.4, 0.5) is 62.6 Å². The minimum atomic E-state index is 1.03. The van der Waals surface area contributed by atoms with Crippen molar-refractivity contribution in [1.29, 1.82) is 0 Å². The molecule has 8 aromatic carbocycles. The molecule has 8 rings (SSSR count). The summed E-state index contributed by atoms with van der Waals surface area (Å²) in [6.45, 7) is 14.2. The predicted molar refractivity (Wildman–Crippen MR) is 272 cm³/mol. The van der Waals surface area contributed by atoms with E-state index in [0.29, 0.717) is 0 Å². The number of aryl methyl sites for hydroxylation is 2. The summed E-state index contributed by atoms with van der Waals surface area (Å²) in [7, 11) is 0. The van der Waals surface area contributed by atoms with Crippen molar-refractivity contribution >= 4 is 68.6 Å². The molecule has 0 saturated carbocycles. The molecule has 0 aromatic heterocycles. The Bertz CT molecular complexity index is 2690. The summed E-state index contributed by atoms with van der Waals surface area (Å²) in [5.41, 5.74) is 16.4. The maximum Gasteiger partial charge on any atom is 0.0464 e. The van der Waals surface area contributed by atoms with E-state index in [1.807, 2.05) is 18.2 Å². The molecule has 0 aliphatic rings. The lowest BCUT2D eigenvalue weighted by molar-refractivity contribution is 1.15. The van der Waals surface area contributed by atoms with Crippen LogP contribution in [-0.4, -0.2) is 0 Å². The number of allylic oxidation sites excluding steroid dienone is 5. The first-order chi connectivity index (χ1) is 30.9. The summed E-state index contributed by atoms with van der Waals surface area (Å²) in [6.07, 6.45) is 9.73. The Morgan fingerprint density at radius 3 is 1.06 bits per heavy atom. The average Bonchev–Trinajstić information content (AvgIpc) is 3.32. The summed E-state index contributed by atoms with van der Waals surface area (Å²) in [6, 6.07) is 73.5. The molecule has 0 heterocycles. The molecule has 0 unspecified atom stereocenters. The second-order valence-electron chi connectivity index (χ2n) is 15.5. The van der Waals surface area contributed by atoms with Crippen molar-refractivity contribution in [3.05, 3.63) is 266 Å². The summed E-state index contributed by atoms with van der Waals surface area (Å²) in [4.78, 5) is 9.22. The number of rotatable bonds is 15. The van der Waals surface area contributed by atoms with Gasteiger partial charge in [0.25, 0.3) is 0 Å². The van der Waals surface area contributed by atoms with Crippen molar-refractivity contribution in [1.82, 2.24) is 0 Å². The molecular weight excluding hydrogens is 765 g/mol. The highest BCUT2D eigenvalue weighted by Crippen LogP contribution is 2.42. The number of hydrogen-bond acceptors (Lipinski definition) is 4. The first-order valence-electron chi connectivity index (χ1n) is 21.3. The number of benzene rings is 8. The molecule has 0 fully saturated rings. The van der Waals surface area contributed by atoms with Gasteiger partial charge in [-0.15, -0.1) is 0 Å². The zero-order chi connectivity index (χ0) is 43.5. The van der Waals surface area contributed by atoms with E-state index in [1.165, 1.54) is 11.1 Å². The molecule has 0 N–H and O–H groups in total. The lowest BCUT2D eigenvalue weighted by Crippen LogP contribution is -2.15. The third-order valence-electron chi connectivity index (χ3n) is 11.0. The quantitative estimate of drug-likeness (QED) is 0.0956. The Hall–Kier alpha value is -8.08. The van der Waals surface area contributed by atoms with Crippen molar-refractivity contribution in [2.24, 2.45) is 0 Å². The number of hydrogen-bond donors (Lipinski definition) is 0. The summed E-state index contributed by atoms with van der Waals surface area (Å²) < 4.78 is 0. The monoisotopic (exact) mass is 816 g/mol. The van der Waals surface area contributed by atoms with Crippen LogP contribution in [-0.2, 0) is 0 Å².